The largest absolute Gasteiger partial charge is 0.395 e. The monoisotopic (exact) mass is 202 g/mol. The van der Waals surface area contributed by atoms with Gasteiger partial charge in [0, 0.05) is 6.54 Å². The van der Waals surface area contributed by atoms with Crippen LogP contribution < -0.4 is 16.0 Å². The number of hydrogen-bond donors (Lipinski definition) is 4. The van der Waals surface area contributed by atoms with Gasteiger partial charge in [0.2, 0.25) is 0 Å². The molecule has 2 rings (SSSR count). The summed E-state index contributed by atoms with van der Waals surface area (Å²) in [6, 6.07) is -0.215. The normalized spacial score (nSPS) is 31.0. The second-order valence-corrected chi connectivity index (χ2v) is 3.29. The molecule has 0 bridgehead atoms. The van der Waals surface area contributed by atoms with Gasteiger partial charge in [-0.2, -0.15) is 0 Å². The van der Waals surface area contributed by atoms with Gasteiger partial charge in [-0.3, -0.25) is 0 Å². The van der Waals surface area contributed by atoms with Gasteiger partial charge in [-0.25, -0.2) is 4.79 Å². The number of nitrogens with zero attached hydrogens (tertiary/aromatic N) is 1. The van der Waals surface area contributed by atoms with Crippen molar-refractivity contribution in [2.75, 3.05) is 13.2 Å². The van der Waals surface area contributed by atoms with Gasteiger partial charge in [-0.15, -0.1) is 0 Å². The third kappa shape index (κ3) is 1.29. The molecule has 4 N–H and O–H groups in total. The first-order chi connectivity index (χ1) is 6.22. The highest BCUT2D eigenvalue weighted by molar-refractivity contribution is 7.80. The van der Waals surface area contributed by atoms with Gasteiger partial charge in [0.1, 0.15) is 12.3 Å². The minimum absolute atomic E-state index is 0.0148. The first-order valence-electron chi connectivity index (χ1n) is 3.97. The van der Waals surface area contributed by atoms with Crippen LogP contribution in [-0.2, 0) is 0 Å². The van der Waals surface area contributed by atoms with Gasteiger partial charge < -0.3 is 26.0 Å². The van der Waals surface area contributed by atoms with Crippen LogP contribution in [0.5, 0.6) is 0 Å². The highest BCUT2D eigenvalue weighted by Crippen LogP contribution is 2.12. The summed E-state index contributed by atoms with van der Waals surface area (Å²) in [4.78, 5) is 12.7. The Hall–Kier alpha value is -1.08. The van der Waals surface area contributed by atoms with Gasteiger partial charge in [0.05, 0.1) is 6.61 Å². The molecule has 0 spiro atoms. The van der Waals surface area contributed by atoms with Crippen LogP contribution >= 0.6 is 12.2 Å². The number of carbonyl (C=O) groups excluding carboxylic acids is 1. The summed E-state index contributed by atoms with van der Waals surface area (Å²) in [5, 5.41) is 17.6. The predicted molar refractivity (Wildman–Crippen MR) is 48.8 cm³/mol. The van der Waals surface area contributed by atoms with E-state index in [2.05, 4.69) is 16.0 Å². The maximum atomic E-state index is 10.9. The van der Waals surface area contributed by atoms with Crippen molar-refractivity contribution in [1.82, 2.24) is 20.9 Å². The lowest BCUT2D eigenvalue weighted by Gasteiger charge is -2.21. The fraction of sp³-hybridized carbons (Fsp3) is 0.667. The van der Waals surface area contributed by atoms with Crippen LogP contribution in [0.15, 0.2) is 0 Å². The molecule has 2 unspecified atom stereocenters. The average Bonchev–Trinajstić information content (AvgIpc) is 2.52. The van der Waals surface area contributed by atoms with E-state index in [1.54, 1.807) is 4.90 Å². The number of thiocarbonyl (C=S) groups is 1. The van der Waals surface area contributed by atoms with E-state index >= 15 is 0 Å². The summed E-state index contributed by atoms with van der Waals surface area (Å²) in [6.45, 7) is 0.440. The number of aliphatic hydroxyl groups excluding tert-OH is 1. The van der Waals surface area contributed by atoms with E-state index in [1.165, 1.54) is 0 Å². The van der Waals surface area contributed by atoms with Crippen molar-refractivity contribution in [2.45, 2.75) is 12.3 Å². The molecular weight excluding hydrogens is 192 g/mol. The summed E-state index contributed by atoms with van der Waals surface area (Å²) < 4.78 is 0. The van der Waals surface area contributed by atoms with E-state index < -0.39 is 0 Å². The number of hydrogen-bond acceptors (Lipinski definition) is 3. The zero-order valence-electron chi connectivity index (χ0n) is 6.78. The molecule has 2 atom stereocenters. The predicted octanol–water partition coefficient (Wildman–Crippen LogP) is -1.87. The van der Waals surface area contributed by atoms with Crippen molar-refractivity contribution in [3.8, 4) is 0 Å². The van der Waals surface area contributed by atoms with E-state index in [9.17, 15) is 4.79 Å². The fourth-order valence-corrected chi connectivity index (χ4v) is 1.87. The highest BCUT2D eigenvalue weighted by Gasteiger charge is 2.42. The smallest absolute Gasteiger partial charge is 0.318 e. The molecule has 0 radical (unpaired) electrons. The van der Waals surface area contributed by atoms with Gasteiger partial charge in [0.15, 0.2) is 5.11 Å². The van der Waals surface area contributed by atoms with E-state index in [-0.39, 0.29) is 25.0 Å². The Balaban J connectivity index is 2.10. The third-order valence-corrected chi connectivity index (χ3v) is 2.45. The Labute approximate surface area is 80.3 Å². The summed E-state index contributed by atoms with van der Waals surface area (Å²) in [7, 11) is 0. The highest BCUT2D eigenvalue weighted by atomic mass is 32.1. The Morgan fingerprint density at radius 2 is 2.23 bits per heavy atom. The quantitative estimate of drug-likeness (QED) is 0.395. The Morgan fingerprint density at radius 3 is 2.92 bits per heavy atom. The molecule has 0 aromatic carbocycles. The minimum Gasteiger partial charge on any atom is -0.395 e. The molecule has 0 aromatic rings. The molecule has 6 nitrogen and oxygen atoms in total. The minimum atomic E-state index is -0.215. The molecule has 7 heteroatoms. The number of rotatable bonds is 2. The first kappa shape index (κ1) is 8.52. The molecule has 2 saturated heterocycles. The zero-order valence-corrected chi connectivity index (χ0v) is 7.60. The summed E-state index contributed by atoms with van der Waals surface area (Å²) in [5.74, 6) is 0. The SMILES string of the molecule is O=C1NC2NC(=S)N(CCO)C2N1. The first-order valence-corrected chi connectivity index (χ1v) is 4.38. The maximum Gasteiger partial charge on any atom is 0.318 e. The zero-order chi connectivity index (χ0) is 9.42. The second-order valence-electron chi connectivity index (χ2n) is 2.91. The summed E-state index contributed by atoms with van der Waals surface area (Å²) in [5.41, 5.74) is 0. The van der Waals surface area contributed by atoms with Crippen LogP contribution in [0.1, 0.15) is 0 Å². The molecule has 2 heterocycles. The van der Waals surface area contributed by atoms with Crippen LogP contribution in [0.3, 0.4) is 0 Å². The van der Waals surface area contributed by atoms with Crippen LogP contribution in [0.25, 0.3) is 0 Å². The topological polar surface area (TPSA) is 76.6 Å². The Morgan fingerprint density at radius 1 is 1.46 bits per heavy atom. The molecule has 0 saturated carbocycles. The number of nitrogens with one attached hydrogen (secondary N) is 3. The van der Waals surface area contributed by atoms with E-state index in [1.807, 2.05) is 0 Å². The van der Waals surface area contributed by atoms with Crippen molar-refractivity contribution in [3.05, 3.63) is 0 Å². The molecule has 2 fully saturated rings. The van der Waals surface area contributed by atoms with Crippen molar-refractivity contribution in [2.24, 2.45) is 0 Å². The number of carbonyl (C=O) groups is 1. The second kappa shape index (κ2) is 3.00. The number of aliphatic hydroxyl groups is 1. The van der Waals surface area contributed by atoms with Crippen molar-refractivity contribution >= 4 is 23.4 Å². The number of fused-ring (bicyclic) bond motifs is 1. The lowest BCUT2D eigenvalue weighted by atomic mass is 10.4. The molecule has 2 aliphatic rings. The van der Waals surface area contributed by atoms with E-state index in [0.29, 0.717) is 11.7 Å². The third-order valence-electron chi connectivity index (χ3n) is 2.10. The molecule has 0 aromatic heterocycles. The Bertz CT molecular complexity index is 259. The Kier molecular flexibility index (Phi) is 1.97. The molecule has 2 aliphatic heterocycles. The van der Waals surface area contributed by atoms with Crippen LogP contribution in [-0.4, -0.2) is 46.6 Å². The lowest BCUT2D eigenvalue weighted by molar-refractivity contribution is 0.215. The summed E-state index contributed by atoms with van der Waals surface area (Å²) in [6.07, 6.45) is -0.348. The van der Waals surface area contributed by atoms with Gasteiger partial charge >= 0.3 is 6.03 Å². The van der Waals surface area contributed by atoms with Crippen molar-refractivity contribution < 1.29 is 9.90 Å². The lowest BCUT2D eigenvalue weighted by Crippen LogP contribution is -2.44. The molecule has 72 valence electrons. The molecular formula is C6H10N4O2S. The molecule has 13 heavy (non-hydrogen) atoms. The van der Waals surface area contributed by atoms with E-state index in [4.69, 9.17) is 17.3 Å². The van der Waals surface area contributed by atoms with Crippen molar-refractivity contribution in [3.63, 3.8) is 0 Å². The van der Waals surface area contributed by atoms with Crippen molar-refractivity contribution in [1.29, 1.82) is 0 Å². The number of β-amino-alcohol motifs (C(OH)–C–C–N with tert-alkyl or cyclic N) is 1. The van der Waals surface area contributed by atoms with Crippen LogP contribution in [0.2, 0.25) is 0 Å². The average molecular weight is 202 g/mol. The summed E-state index contributed by atoms with van der Waals surface area (Å²) >= 11 is 5.01. The van der Waals surface area contributed by atoms with Gasteiger partial charge in [-0.1, -0.05) is 0 Å². The number of urea groups is 1. The maximum absolute atomic E-state index is 10.9. The fourth-order valence-electron chi connectivity index (χ4n) is 1.54. The van der Waals surface area contributed by atoms with Crippen LogP contribution in [0, 0.1) is 0 Å². The standard InChI is InChI=1S/C6H10N4O2S/c11-2-1-10-4-3(8-6(10)13)7-5(12)9-4/h3-4,11H,1-2H2,(H,8,13)(H2,7,9,12). The van der Waals surface area contributed by atoms with Gasteiger partial charge in [0.25, 0.3) is 0 Å². The van der Waals surface area contributed by atoms with Gasteiger partial charge in [-0.05, 0) is 12.2 Å². The number of amides is 2. The molecule has 0 aliphatic carbocycles. The van der Waals surface area contributed by atoms with E-state index in [0.717, 1.165) is 0 Å². The molecule has 2 amide bonds. The van der Waals surface area contributed by atoms with Crippen LogP contribution in [0.4, 0.5) is 4.79 Å².